The number of thioether (sulfide) groups is 1. The molecule has 0 atom stereocenters. The number of carbonyl (C=O) groups is 1. The zero-order chi connectivity index (χ0) is 63.4. The third-order valence-electron chi connectivity index (χ3n) is 12.0. The molecule has 0 radical (unpaired) electrons. The van der Waals surface area contributed by atoms with Crippen molar-refractivity contribution in [1.29, 1.82) is 5.26 Å². The van der Waals surface area contributed by atoms with Gasteiger partial charge in [0.2, 0.25) is 16.9 Å². The van der Waals surface area contributed by atoms with Crippen LogP contribution in [0.5, 0.6) is 11.6 Å². The second kappa shape index (κ2) is 23.9. The fourth-order valence-corrected chi connectivity index (χ4v) is 14.2. The summed E-state index contributed by atoms with van der Waals surface area (Å²) < 4.78 is 211. The molecule has 0 unspecified atom stereocenters. The second-order valence-corrected chi connectivity index (χ2v) is 29.2. The Morgan fingerprint density at radius 2 is 1.29 bits per heavy atom. The fraction of sp³-hybridized carbons (Fsp3) is 0.217. The summed E-state index contributed by atoms with van der Waals surface area (Å²) >= 11 is 1.41. The molecule has 8 aromatic rings. The van der Waals surface area contributed by atoms with Crippen LogP contribution in [-0.4, -0.2) is 127 Å². The minimum absolute atomic E-state index is 0.0234. The largest absolute Gasteiger partial charge is 0.493 e. The third-order valence-corrected chi connectivity index (χ3v) is 19.2. The molecule has 0 aliphatic rings. The minimum atomic E-state index is -5.36. The minimum Gasteiger partial charge on any atom is -0.493 e. The number of amides is 1. The van der Waals surface area contributed by atoms with Crippen molar-refractivity contribution in [3.8, 4) is 17.7 Å². The van der Waals surface area contributed by atoms with Crippen molar-refractivity contribution in [2.24, 2.45) is 30.7 Å². The van der Waals surface area contributed by atoms with Crippen LogP contribution in [-0.2, 0) is 65.5 Å². The Labute approximate surface area is 494 Å². The topological polar surface area (TPSA) is 513 Å². The Hall–Kier alpha value is -7.63. The maximum absolute atomic E-state index is 12.7. The van der Waals surface area contributed by atoms with E-state index in [1.807, 2.05) is 6.07 Å². The van der Waals surface area contributed by atoms with E-state index in [2.05, 4.69) is 46.0 Å². The molecule has 3 heterocycles. The summed E-state index contributed by atoms with van der Waals surface area (Å²) in [5, 5.41) is 48.6. The molecule has 40 heteroatoms. The van der Waals surface area contributed by atoms with E-state index >= 15 is 0 Å². The van der Waals surface area contributed by atoms with Gasteiger partial charge in [-0.05, 0) is 99.0 Å². The molecular weight excluding hydrogens is 1300 g/mol. The number of aromatic hydroxyl groups is 1. The molecular formula is C46H41N11O21S8. The first kappa shape index (κ1) is 64.4. The van der Waals surface area contributed by atoms with Gasteiger partial charge in [-0.1, -0.05) is 11.3 Å². The van der Waals surface area contributed by atoms with Gasteiger partial charge >= 0.3 is 0 Å². The smallest absolute Gasteiger partial charge is 0.296 e. The van der Waals surface area contributed by atoms with Crippen LogP contribution in [0.3, 0.4) is 0 Å². The third kappa shape index (κ3) is 14.4. The van der Waals surface area contributed by atoms with Crippen LogP contribution in [0.2, 0.25) is 0 Å². The molecule has 0 saturated heterocycles. The Morgan fingerprint density at radius 1 is 0.674 bits per heavy atom. The molecule has 1 amide bonds. The number of carbonyl (C=O) groups excluding carboxylic acids is 1. The number of imidazole rings is 1. The quantitative estimate of drug-likeness (QED) is 0.0144. The van der Waals surface area contributed by atoms with E-state index < -0.39 is 125 Å². The van der Waals surface area contributed by atoms with Gasteiger partial charge in [-0.2, -0.15) is 60.9 Å². The van der Waals surface area contributed by atoms with Crippen molar-refractivity contribution < 1.29 is 92.5 Å². The van der Waals surface area contributed by atoms with Gasteiger partial charge < -0.3 is 15.2 Å². The molecule has 32 nitrogen and oxygen atoms in total. The van der Waals surface area contributed by atoms with Gasteiger partial charge in [-0.3, -0.25) is 36.5 Å². The number of fused-ring (bicyclic) bond motifs is 6. The van der Waals surface area contributed by atoms with E-state index in [4.69, 9.17) is 4.74 Å². The molecule has 454 valence electrons. The highest BCUT2D eigenvalue weighted by Gasteiger charge is 2.29. The van der Waals surface area contributed by atoms with E-state index in [9.17, 15) is 93.0 Å². The lowest BCUT2D eigenvalue weighted by atomic mass is 10.1. The number of rotatable bonds is 21. The van der Waals surface area contributed by atoms with Crippen LogP contribution in [0.25, 0.3) is 37.7 Å². The molecule has 5 aromatic carbocycles. The first-order chi connectivity index (χ1) is 39.8. The summed E-state index contributed by atoms with van der Waals surface area (Å²) in [7, 11) is -29.6. The number of aromatic nitrogens is 3. The van der Waals surface area contributed by atoms with Crippen molar-refractivity contribution >= 4 is 167 Å². The van der Waals surface area contributed by atoms with Gasteiger partial charge in [-0.25, -0.2) is 9.97 Å². The van der Waals surface area contributed by atoms with E-state index in [0.29, 0.717) is 29.0 Å². The van der Waals surface area contributed by atoms with Crippen molar-refractivity contribution in [2.45, 2.75) is 65.0 Å². The van der Waals surface area contributed by atoms with Gasteiger partial charge in [0, 0.05) is 34.2 Å². The SMILES string of the molecule is CC(=O)Nc1cc(N=Nc2cc(OCCCS(=O)(=O)O)c(N=Nc3c(C)c(C#N)c4nc5c(S(=O)(=O)O)cc(C)cc5n4c3O)cc2C)c(SCCCS(=O)(=O)O)cc1N=Nc1nc2c(S(=O)(=O)O)cc3c(S(=O)(=O)O)cc(S(=O)(=O)O)cc3c2s1. The number of aryl methyl sites for hydroxylation is 2. The van der Waals surface area contributed by atoms with Crippen LogP contribution in [0, 0.1) is 32.1 Å². The lowest BCUT2D eigenvalue weighted by molar-refractivity contribution is -0.114. The zero-order valence-electron chi connectivity index (χ0n) is 44.0. The Kier molecular flexibility index (Phi) is 17.9. The highest BCUT2D eigenvalue weighted by Crippen LogP contribution is 2.46. The maximum atomic E-state index is 12.7. The van der Waals surface area contributed by atoms with Crippen LogP contribution in [0.15, 0.2) is 110 Å². The van der Waals surface area contributed by atoms with E-state index in [0.717, 1.165) is 35.2 Å². The molecule has 0 bridgehead atoms. The van der Waals surface area contributed by atoms with Crippen molar-refractivity contribution in [3.63, 3.8) is 0 Å². The summed E-state index contributed by atoms with van der Waals surface area (Å²) in [6.45, 7) is 5.19. The lowest BCUT2D eigenvalue weighted by Crippen LogP contribution is -2.08. The zero-order valence-corrected chi connectivity index (χ0v) is 50.6. The first-order valence-corrected chi connectivity index (χ1v) is 34.5. The number of hydrogen-bond acceptors (Lipinski definition) is 26. The van der Waals surface area contributed by atoms with Gasteiger partial charge in [0.1, 0.15) is 60.2 Å². The number of hydrogen-bond donors (Lipinski definition) is 8. The van der Waals surface area contributed by atoms with Gasteiger partial charge in [-0.15, -0.1) is 37.3 Å². The van der Waals surface area contributed by atoms with E-state index in [1.165, 1.54) is 51.1 Å². The Bertz CT molecular complexity index is 5080. The molecule has 86 heavy (non-hydrogen) atoms. The normalized spacial score (nSPS) is 13.1. The van der Waals surface area contributed by atoms with Crippen LogP contribution in [0.1, 0.15) is 42.0 Å². The van der Waals surface area contributed by atoms with E-state index in [1.54, 1.807) is 0 Å². The standard InChI is InChI=1S/C46H41N11O21S8/c1-21-11-34-41(38(12-21)85(72,73)74)49-44-28(20-47)23(3)40(45(59)57(34)44)55-53-32-13-22(2)29(18-35(32)78-7-5-9-81(60,61)62)51-54-33-17-30(48-24(4)58)31(19-36(33)79-8-6-10-82(63,64)65)52-56-46-50-42-39(86(75,76)77)16-26-27(43(42)80-46)14-25(83(66,67)68)15-37(26)84(69,70)71/h11-19,59H,5-10H2,1-4H3,(H,48,58)(H,60,61,62)(H,63,64,65)(H,66,67,68)(H,69,70,71)(H,72,73,74)(H,75,76,77). The average Bonchev–Trinajstić information content (AvgIpc) is 1.51. The molecule has 0 spiro atoms. The number of ether oxygens (including phenoxy) is 1. The molecule has 3 aromatic heterocycles. The molecule has 0 aliphatic carbocycles. The van der Waals surface area contributed by atoms with Crippen molar-refractivity contribution in [3.05, 3.63) is 76.9 Å². The van der Waals surface area contributed by atoms with Crippen LogP contribution < -0.4 is 10.1 Å². The second-order valence-electron chi connectivity index (χ2n) is 18.4. The van der Waals surface area contributed by atoms with Crippen molar-refractivity contribution in [1.82, 2.24) is 14.4 Å². The number of azo groups is 3. The summed E-state index contributed by atoms with van der Waals surface area (Å²) in [6, 6.07) is 11.4. The van der Waals surface area contributed by atoms with E-state index in [-0.39, 0.29) is 108 Å². The highest BCUT2D eigenvalue weighted by molar-refractivity contribution is 7.99. The van der Waals surface area contributed by atoms with Gasteiger partial charge in [0.25, 0.3) is 60.7 Å². The summed E-state index contributed by atoms with van der Waals surface area (Å²) in [4.78, 5) is 17.3. The van der Waals surface area contributed by atoms with Crippen molar-refractivity contribution in [2.75, 3.05) is 29.2 Å². The summed E-state index contributed by atoms with van der Waals surface area (Å²) in [5.74, 6) is -2.93. The van der Waals surface area contributed by atoms with Gasteiger partial charge in [0.05, 0.1) is 44.6 Å². The predicted octanol–water partition coefficient (Wildman–Crippen LogP) is 8.97. The number of nitrogens with one attached hydrogen (secondary N) is 1. The van der Waals surface area contributed by atoms with Crippen LogP contribution >= 0.6 is 23.1 Å². The number of nitrogens with zero attached hydrogens (tertiary/aromatic N) is 10. The number of anilines is 1. The molecule has 0 saturated carbocycles. The molecule has 0 aliphatic heterocycles. The maximum Gasteiger partial charge on any atom is 0.296 e. The van der Waals surface area contributed by atoms with Gasteiger partial charge in [0.15, 0.2) is 11.3 Å². The monoisotopic (exact) mass is 1340 g/mol. The summed E-state index contributed by atoms with van der Waals surface area (Å²) in [5.41, 5.74) is -1.37. The highest BCUT2D eigenvalue weighted by atomic mass is 32.2. The summed E-state index contributed by atoms with van der Waals surface area (Å²) in [6.07, 6.45) is -0.394. The lowest BCUT2D eigenvalue weighted by Gasteiger charge is -2.13. The predicted molar refractivity (Wildman–Crippen MR) is 308 cm³/mol. The average molecular weight is 1340 g/mol. The molecule has 0 fully saturated rings. The van der Waals surface area contributed by atoms with Crippen LogP contribution in [0.4, 0.5) is 39.3 Å². The molecule has 8 rings (SSSR count). The fourth-order valence-electron chi connectivity index (χ4n) is 8.31. The number of thiazole rings is 1. The Balaban J connectivity index is 1.24. The first-order valence-electron chi connectivity index (χ1n) is 23.7. The molecule has 8 N–H and O–H groups in total. The number of pyridine rings is 1. The number of nitriles is 1. The number of benzene rings is 5. The Morgan fingerprint density at radius 3 is 1.91 bits per heavy atom.